The van der Waals surface area contributed by atoms with Crippen molar-refractivity contribution < 1.29 is 9.53 Å². The lowest BCUT2D eigenvalue weighted by atomic mass is 10.2. The fraction of sp³-hybridized carbons (Fsp3) is 0.368. The van der Waals surface area contributed by atoms with Crippen LogP contribution in [0.2, 0.25) is 0 Å². The Morgan fingerprint density at radius 1 is 1.20 bits per heavy atom. The van der Waals surface area contributed by atoms with E-state index in [1.165, 1.54) is 4.90 Å². The van der Waals surface area contributed by atoms with Crippen molar-refractivity contribution in [3.05, 3.63) is 53.7 Å². The fourth-order valence-electron chi connectivity index (χ4n) is 2.65. The van der Waals surface area contributed by atoms with Crippen molar-refractivity contribution in [1.29, 1.82) is 0 Å². The lowest BCUT2D eigenvalue weighted by molar-refractivity contribution is 0.0950. The van der Waals surface area contributed by atoms with Gasteiger partial charge in [-0.15, -0.1) is 11.8 Å². The van der Waals surface area contributed by atoms with Gasteiger partial charge in [-0.05, 0) is 35.6 Å². The number of ether oxygens (including phenoxy) is 1. The summed E-state index contributed by atoms with van der Waals surface area (Å²) in [5, 5.41) is 2.95. The number of benzene rings is 1. The first-order valence-electron chi connectivity index (χ1n) is 8.55. The highest BCUT2D eigenvalue weighted by Gasteiger charge is 2.13. The molecule has 1 aliphatic rings. The number of nitrogens with one attached hydrogen (secondary N) is 1. The number of pyridine rings is 1. The van der Waals surface area contributed by atoms with Crippen molar-refractivity contribution in [3.63, 3.8) is 0 Å². The predicted molar refractivity (Wildman–Crippen MR) is 101 cm³/mol. The zero-order chi connectivity index (χ0) is 17.5. The van der Waals surface area contributed by atoms with Gasteiger partial charge < -0.3 is 15.0 Å². The molecule has 25 heavy (non-hydrogen) atoms. The van der Waals surface area contributed by atoms with Gasteiger partial charge in [0.25, 0.3) is 5.91 Å². The summed E-state index contributed by atoms with van der Waals surface area (Å²) in [5.74, 6) is 1.85. The highest BCUT2D eigenvalue weighted by molar-refractivity contribution is 7.99. The Labute approximate surface area is 152 Å². The summed E-state index contributed by atoms with van der Waals surface area (Å²) in [7, 11) is 0. The number of rotatable bonds is 6. The first kappa shape index (κ1) is 17.8. The van der Waals surface area contributed by atoms with Crippen molar-refractivity contribution in [3.8, 4) is 0 Å². The summed E-state index contributed by atoms with van der Waals surface area (Å²) in [6.07, 6.45) is 1.64. The third-order valence-corrected chi connectivity index (χ3v) is 4.93. The monoisotopic (exact) mass is 357 g/mol. The van der Waals surface area contributed by atoms with Crippen LogP contribution in [-0.4, -0.2) is 42.9 Å². The number of aromatic nitrogens is 1. The van der Waals surface area contributed by atoms with Crippen LogP contribution in [0.1, 0.15) is 22.8 Å². The molecule has 0 radical (unpaired) electrons. The third-order valence-electron chi connectivity index (χ3n) is 4.03. The van der Waals surface area contributed by atoms with Crippen LogP contribution in [0.5, 0.6) is 0 Å². The van der Waals surface area contributed by atoms with Crippen LogP contribution in [-0.2, 0) is 11.3 Å². The van der Waals surface area contributed by atoms with Gasteiger partial charge in [0.15, 0.2) is 0 Å². The van der Waals surface area contributed by atoms with Gasteiger partial charge in [0.05, 0.1) is 18.8 Å². The van der Waals surface area contributed by atoms with Gasteiger partial charge in [-0.3, -0.25) is 4.79 Å². The summed E-state index contributed by atoms with van der Waals surface area (Å²) in [5.41, 5.74) is 1.67. The molecule has 0 bridgehead atoms. The lowest BCUT2D eigenvalue weighted by Crippen LogP contribution is -2.36. The molecular formula is C19H23N3O2S. The Bertz CT molecular complexity index is 683. The highest BCUT2D eigenvalue weighted by Crippen LogP contribution is 2.18. The maximum Gasteiger partial charge on any atom is 0.253 e. The predicted octanol–water partition coefficient (Wildman–Crippen LogP) is 2.96. The molecule has 0 spiro atoms. The Morgan fingerprint density at radius 2 is 1.96 bits per heavy atom. The van der Waals surface area contributed by atoms with Crippen LogP contribution < -0.4 is 10.2 Å². The number of morpholine rings is 1. The van der Waals surface area contributed by atoms with E-state index in [4.69, 9.17) is 4.74 Å². The first-order chi connectivity index (χ1) is 12.3. The number of hydrogen-bond donors (Lipinski definition) is 1. The molecule has 132 valence electrons. The molecule has 2 aromatic rings. The van der Waals surface area contributed by atoms with Crippen LogP contribution in [0.3, 0.4) is 0 Å². The zero-order valence-electron chi connectivity index (χ0n) is 14.4. The van der Waals surface area contributed by atoms with E-state index in [-0.39, 0.29) is 5.91 Å². The Morgan fingerprint density at radius 3 is 2.60 bits per heavy atom. The van der Waals surface area contributed by atoms with E-state index in [1.54, 1.807) is 6.20 Å². The van der Waals surface area contributed by atoms with Crippen LogP contribution in [0.4, 0.5) is 5.82 Å². The molecule has 1 fully saturated rings. The summed E-state index contributed by atoms with van der Waals surface area (Å²) >= 11 is 1.81. The molecule has 1 aromatic heterocycles. The fourth-order valence-corrected chi connectivity index (χ4v) is 3.32. The second kappa shape index (κ2) is 8.87. The Kier molecular flexibility index (Phi) is 6.30. The van der Waals surface area contributed by atoms with E-state index in [2.05, 4.69) is 46.4 Å². The van der Waals surface area contributed by atoms with Crippen LogP contribution in [0, 0.1) is 0 Å². The van der Waals surface area contributed by atoms with E-state index in [9.17, 15) is 4.79 Å². The quantitative estimate of drug-likeness (QED) is 0.806. The number of carbonyl (C=O) groups is 1. The smallest absolute Gasteiger partial charge is 0.253 e. The van der Waals surface area contributed by atoms with E-state index in [0.717, 1.165) is 43.4 Å². The molecule has 0 unspecified atom stereocenters. The Balaban J connectivity index is 1.53. The molecule has 1 aromatic carbocycles. The summed E-state index contributed by atoms with van der Waals surface area (Å²) in [6.45, 7) is 5.77. The lowest BCUT2D eigenvalue weighted by Gasteiger charge is -2.27. The summed E-state index contributed by atoms with van der Waals surface area (Å²) < 4.78 is 5.34. The van der Waals surface area contributed by atoms with Crippen molar-refractivity contribution in [2.24, 2.45) is 0 Å². The second-order valence-corrected chi connectivity index (χ2v) is 7.10. The maximum atomic E-state index is 12.3. The normalized spacial score (nSPS) is 14.4. The number of hydrogen-bond acceptors (Lipinski definition) is 5. The van der Waals surface area contributed by atoms with Crippen molar-refractivity contribution >= 4 is 23.5 Å². The van der Waals surface area contributed by atoms with Crippen molar-refractivity contribution in [1.82, 2.24) is 10.3 Å². The van der Waals surface area contributed by atoms with Gasteiger partial charge in [0, 0.05) is 30.7 Å². The number of carbonyl (C=O) groups excluding carboxylic acids is 1. The molecule has 1 saturated heterocycles. The molecule has 2 heterocycles. The number of thioether (sulfide) groups is 1. The summed E-state index contributed by atoms with van der Waals surface area (Å²) in [6, 6.07) is 12.0. The minimum Gasteiger partial charge on any atom is -0.378 e. The molecule has 0 atom stereocenters. The average molecular weight is 357 g/mol. The van der Waals surface area contributed by atoms with Gasteiger partial charge in [-0.1, -0.05) is 19.1 Å². The van der Waals surface area contributed by atoms with Gasteiger partial charge in [-0.25, -0.2) is 4.98 Å². The second-order valence-electron chi connectivity index (χ2n) is 5.76. The number of nitrogens with zero attached hydrogens (tertiary/aromatic N) is 2. The van der Waals surface area contributed by atoms with Crippen LogP contribution >= 0.6 is 11.8 Å². The standard InChI is InChI=1S/C19H23N3O2S/c1-2-25-17-6-3-15(4-7-17)13-21-19(23)16-5-8-18(20-14-16)22-9-11-24-12-10-22/h3-8,14H,2,9-13H2,1H3,(H,21,23). The molecule has 3 rings (SSSR count). The molecule has 6 heteroatoms. The topological polar surface area (TPSA) is 54.5 Å². The molecular weight excluding hydrogens is 334 g/mol. The molecule has 1 amide bonds. The SMILES string of the molecule is CCSc1ccc(CNC(=O)c2ccc(N3CCOCC3)nc2)cc1. The third kappa shape index (κ3) is 4.96. The van der Waals surface area contributed by atoms with Crippen LogP contribution in [0.15, 0.2) is 47.5 Å². The number of anilines is 1. The Hall–Kier alpha value is -2.05. The van der Waals surface area contributed by atoms with Gasteiger partial charge in [-0.2, -0.15) is 0 Å². The average Bonchev–Trinajstić information content (AvgIpc) is 2.68. The van der Waals surface area contributed by atoms with Crippen molar-refractivity contribution in [2.75, 3.05) is 37.0 Å². The minimum absolute atomic E-state index is 0.104. The molecule has 5 nitrogen and oxygen atoms in total. The van der Waals surface area contributed by atoms with Gasteiger partial charge in [0.1, 0.15) is 5.82 Å². The summed E-state index contributed by atoms with van der Waals surface area (Å²) in [4.78, 5) is 20.1. The van der Waals surface area contributed by atoms with Gasteiger partial charge >= 0.3 is 0 Å². The van der Waals surface area contributed by atoms with Crippen LogP contribution in [0.25, 0.3) is 0 Å². The van der Waals surface area contributed by atoms with E-state index >= 15 is 0 Å². The minimum atomic E-state index is -0.104. The highest BCUT2D eigenvalue weighted by atomic mass is 32.2. The largest absolute Gasteiger partial charge is 0.378 e. The van der Waals surface area contributed by atoms with E-state index < -0.39 is 0 Å². The van der Waals surface area contributed by atoms with E-state index in [1.807, 2.05) is 23.9 Å². The molecule has 0 saturated carbocycles. The van der Waals surface area contributed by atoms with Crippen molar-refractivity contribution in [2.45, 2.75) is 18.4 Å². The number of amides is 1. The zero-order valence-corrected chi connectivity index (χ0v) is 15.2. The molecule has 1 aliphatic heterocycles. The molecule has 1 N–H and O–H groups in total. The first-order valence-corrected chi connectivity index (χ1v) is 9.53. The van der Waals surface area contributed by atoms with E-state index in [0.29, 0.717) is 12.1 Å². The molecule has 0 aliphatic carbocycles. The van der Waals surface area contributed by atoms with Gasteiger partial charge in [0.2, 0.25) is 0 Å². The maximum absolute atomic E-state index is 12.3.